The van der Waals surface area contributed by atoms with Crippen molar-refractivity contribution in [3.05, 3.63) is 35.9 Å². The Morgan fingerprint density at radius 1 is 0.627 bits per heavy atom. The molecular weight excluding hydrogens is 668 g/mol. The van der Waals surface area contributed by atoms with Crippen LogP contribution in [0.4, 0.5) is 0 Å². The Balaban J connectivity index is 3.22. The number of aliphatic imine (C=N–C) groups is 2. The molecule has 51 heavy (non-hydrogen) atoms. The molecule has 0 spiro atoms. The molecule has 0 radical (unpaired) electrons. The SMILES string of the molecule is NCCCC[C@H](NC(=O)[C@H](CCCN=C(N)N)NC(=O)[C@H](CC(=O)O)NC(=O)[C@H](CCCN=C(N)N)NC(=O)[C@@H](N)Cc1ccccc1)C(=O)O. The number of benzene rings is 1. The van der Waals surface area contributed by atoms with Crippen LogP contribution >= 0.6 is 0 Å². The number of carboxylic acid groups (broad SMARTS) is 2. The molecule has 0 aliphatic rings. The van der Waals surface area contributed by atoms with Crippen LogP contribution in [-0.2, 0) is 35.2 Å². The second-order valence-corrected chi connectivity index (χ2v) is 11.7. The van der Waals surface area contributed by atoms with Crippen molar-refractivity contribution in [2.75, 3.05) is 19.6 Å². The van der Waals surface area contributed by atoms with E-state index in [0.717, 1.165) is 5.56 Å². The van der Waals surface area contributed by atoms with Crippen LogP contribution < -0.4 is 55.7 Å². The first kappa shape index (κ1) is 43.5. The third kappa shape index (κ3) is 18.7. The summed E-state index contributed by atoms with van der Waals surface area (Å²) in [4.78, 5) is 84.5. The number of guanidine groups is 2. The van der Waals surface area contributed by atoms with Crippen LogP contribution in [-0.4, -0.2) is 108 Å². The van der Waals surface area contributed by atoms with Crippen molar-refractivity contribution in [2.24, 2.45) is 44.4 Å². The third-order valence-corrected chi connectivity index (χ3v) is 7.36. The highest BCUT2D eigenvalue weighted by molar-refractivity contribution is 5.96. The second kappa shape index (κ2) is 23.8. The standard InChI is InChI=1S/C31H52N12O8/c32-13-5-4-10-22(29(50)51)42-26(47)21(12-7-15-39-31(36)37)41-28(49)23(17-24(44)45)43-27(48)20(11-6-14-38-30(34)35)40-25(46)19(33)16-18-8-2-1-3-9-18/h1-3,8-9,19-23H,4-7,10-17,32-33H2,(H,40,46)(H,41,49)(H,42,47)(H,43,48)(H,44,45)(H,50,51)(H4,34,35,38)(H4,36,37,39)/t19-,20-,21-,22-,23-/m0/s1. The lowest BCUT2D eigenvalue weighted by Gasteiger charge is -2.26. The Labute approximate surface area is 295 Å². The van der Waals surface area contributed by atoms with E-state index >= 15 is 0 Å². The van der Waals surface area contributed by atoms with Crippen molar-refractivity contribution < 1.29 is 39.0 Å². The molecule has 0 saturated heterocycles. The van der Waals surface area contributed by atoms with Crippen LogP contribution in [0.1, 0.15) is 56.9 Å². The van der Waals surface area contributed by atoms with Crippen LogP contribution in [0, 0.1) is 0 Å². The average Bonchev–Trinajstić information content (AvgIpc) is 3.06. The fourth-order valence-corrected chi connectivity index (χ4v) is 4.74. The molecule has 0 aliphatic heterocycles. The molecule has 0 aromatic heterocycles. The lowest BCUT2D eigenvalue weighted by molar-refractivity contribution is -0.143. The van der Waals surface area contributed by atoms with Gasteiger partial charge in [0.1, 0.15) is 24.2 Å². The van der Waals surface area contributed by atoms with E-state index in [2.05, 4.69) is 31.3 Å². The van der Waals surface area contributed by atoms with E-state index in [4.69, 9.17) is 34.4 Å². The Kier molecular flexibility index (Phi) is 20.3. The van der Waals surface area contributed by atoms with Gasteiger partial charge in [-0.25, -0.2) is 4.79 Å². The predicted octanol–water partition coefficient (Wildman–Crippen LogP) is -3.71. The number of hydrogen-bond donors (Lipinski definition) is 12. The van der Waals surface area contributed by atoms with Gasteiger partial charge in [-0.2, -0.15) is 0 Å². The Bertz CT molecular complexity index is 1350. The van der Waals surface area contributed by atoms with Gasteiger partial charge in [0.15, 0.2) is 11.9 Å². The van der Waals surface area contributed by atoms with Gasteiger partial charge >= 0.3 is 11.9 Å². The van der Waals surface area contributed by atoms with Crippen molar-refractivity contribution in [1.29, 1.82) is 0 Å². The summed E-state index contributed by atoms with van der Waals surface area (Å²) in [5.41, 5.74) is 33.8. The van der Waals surface area contributed by atoms with Crippen molar-refractivity contribution in [3.63, 3.8) is 0 Å². The fraction of sp³-hybridized carbons (Fsp3) is 0.548. The number of nitrogens with one attached hydrogen (secondary N) is 4. The molecular formula is C31H52N12O8. The lowest BCUT2D eigenvalue weighted by Crippen LogP contribution is -2.59. The Hall–Kier alpha value is -5.50. The van der Waals surface area contributed by atoms with Crippen LogP contribution in [0.15, 0.2) is 40.3 Å². The minimum atomic E-state index is -1.72. The zero-order valence-electron chi connectivity index (χ0n) is 28.5. The number of nitrogens with zero attached hydrogens (tertiary/aromatic N) is 2. The molecule has 4 amide bonds. The topological polar surface area (TPSA) is 372 Å². The summed E-state index contributed by atoms with van der Waals surface area (Å²) in [5, 5.41) is 28.9. The van der Waals surface area contributed by atoms with Crippen molar-refractivity contribution in [1.82, 2.24) is 21.3 Å². The van der Waals surface area contributed by atoms with Crippen LogP contribution in [0.2, 0.25) is 0 Å². The molecule has 0 saturated carbocycles. The average molecular weight is 721 g/mol. The number of unbranched alkanes of at least 4 members (excludes halogenated alkanes) is 1. The summed E-state index contributed by atoms with van der Waals surface area (Å²) >= 11 is 0. The predicted molar refractivity (Wildman–Crippen MR) is 188 cm³/mol. The molecule has 20 heteroatoms. The van der Waals surface area contributed by atoms with E-state index < -0.39 is 72.2 Å². The maximum absolute atomic E-state index is 13.5. The number of amides is 4. The molecule has 0 heterocycles. The molecule has 1 rings (SSSR count). The van der Waals surface area contributed by atoms with E-state index in [1.54, 1.807) is 30.3 Å². The monoisotopic (exact) mass is 720 g/mol. The van der Waals surface area contributed by atoms with Gasteiger partial charge in [0.05, 0.1) is 12.5 Å². The molecule has 0 bridgehead atoms. The lowest BCUT2D eigenvalue weighted by atomic mass is 10.0. The van der Waals surface area contributed by atoms with Gasteiger partial charge in [0.25, 0.3) is 0 Å². The van der Waals surface area contributed by atoms with Gasteiger partial charge in [0.2, 0.25) is 23.6 Å². The maximum Gasteiger partial charge on any atom is 0.326 e. The van der Waals surface area contributed by atoms with Crippen molar-refractivity contribution in [3.8, 4) is 0 Å². The molecule has 0 fully saturated rings. The van der Waals surface area contributed by atoms with Gasteiger partial charge in [0, 0.05) is 13.1 Å². The molecule has 0 unspecified atom stereocenters. The molecule has 20 nitrogen and oxygen atoms in total. The summed E-state index contributed by atoms with van der Waals surface area (Å²) in [6, 6.07) is 2.17. The van der Waals surface area contributed by atoms with E-state index in [0.29, 0.717) is 19.4 Å². The van der Waals surface area contributed by atoms with E-state index in [9.17, 15) is 39.0 Å². The normalized spacial score (nSPS) is 13.6. The maximum atomic E-state index is 13.5. The summed E-state index contributed by atoms with van der Waals surface area (Å²) in [5.74, 6) is -6.70. The first-order chi connectivity index (χ1) is 24.1. The van der Waals surface area contributed by atoms with Gasteiger partial charge in [-0.3, -0.25) is 34.0 Å². The number of carbonyl (C=O) groups is 6. The molecule has 0 aliphatic carbocycles. The number of rotatable bonds is 25. The molecule has 1 aromatic rings. The van der Waals surface area contributed by atoms with Crippen LogP contribution in [0.5, 0.6) is 0 Å². The van der Waals surface area contributed by atoms with Gasteiger partial charge in [-0.05, 0) is 63.5 Å². The third-order valence-electron chi connectivity index (χ3n) is 7.36. The Morgan fingerprint density at radius 2 is 1.08 bits per heavy atom. The second-order valence-electron chi connectivity index (χ2n) is 11.7. The number of hydrogen-bond acceptors (Lipinski definition) is 10. The van der Waals surface area contributed by atoms with Gasteiger partial charge in [-0.1, -0.05) is 30.3 Å². The highest BCUT2D eigenvalue weighted by Crippen LogP contribution is 2.08. The van der Waals surface area contributed by atoms with E-state index in [-0.39, 0.29) is 63.5 Å². The summed E-state index contributed by atoms with van der Waals surface area (Å²) in [6.45, 7) is 0.475. The largest absolute Gasteiger partial charge is 0.481 e. The minimum absolute atomic E-state index is 0.0234. The zero-order chi connectivity index (χ0) is 38.3. The quantitative estimate of drug-likeness (QED) is 0.0263. The molecule has 1 aromatic carbocycles. The number of nitrogens with two attached hydrogens (primary N) is 6. The van der Waals surface area contributed by atoms with Crippen molar-refractivity contribution >= 4 is 47.5 Å². The number of carboxylic acids is 2. The van der Waals surface area contributed by atoms with Crippen LogP contribution in [0.25, 0.3) is 0 Å². The molecule has 284 valence electrons. The van der Waals surface area contributed by atoms with Crippen LogP contribution in [0.3, 0.4) is 0 Å². The molecule has 18 N–H and O–H groups in total. The highest BCUT2D eigenvalue weighted by Gasteiger charge is 2.32. The fourth-order valence-electron chi connectivity index (χ4n) is 4.74. The smallest absolute Gasteiger partial charge is 0.326 e. The van der Waals surface area contributed by atoms with E-state index in [1.165, 1.54) is 0 Å². The first-order valence-electron chi connectivity index (χ1n) is 16.4. The van der Waals surface area contributed by atoms with E-state index in [1.807, 2.05) is 0 Å². The zero-order valence-corrected chi connectivity index (χ0v) is 28.5. The molecule has 5 atom stereocenters. The van der Waals surface area contributed by atoms with Gasteiger partial charge < -0.3 is 65.9 Å². The summed E-state index contributed by atoms with van der Waals surface area (Å²) in [7, 11) is 0. The number of aliphatic carboxylic acids is 2. The Morgan fingerprint density at radius 3 is 1.55 bits per heavy atom. The number of carbonyl (C=O) groups excluding carboxylic acids is 4. The summed E-state index contributed by atoms with van der Waals surface area (Å²) in [6.07, 6.45) is 0.491. The first-order valence-corrected chi connectivity index (χ1v) is 16.4. The summed E-state index contributed by atoms with van der Waals surface area (Å²) < 4.78 is 0. The highest BCUT2D eigenvalue weighted by atomic mass is 16.4. The van der Waals surface area contributed by atoms with Gasteiger partial charge in [-0.15, -0.1) is 0 Å². The van der Waals surface area contributed by atoms with Crippen molar-refractivity contribution in [2.45, 2.75) is 88.0 Å². The minimum Gasteiger partial charge on any atom is -0.481 e.